The SMILES string of the molecule is c1ccc2c(c1)Oc1cccc3c1C2(c1ccc(-c2cnc4ccccc4c2)cc1)c1ccccc1O3. The Bertz CT molecular complexity index is 1770. The molecule has 37 heavy (non-hydrogen) atoms. The molecule has 2 aliphatic heterocycles. The molecule has 0 aliphatic carbocycles. The van der Waals surface area contributed by atoms with Crippen LogP contribution in [0.5, 0.6) is 23.0 Å². The number of rotatable bonds is 2. The molecule has 5 aromatic carbocycles. The highest BCUT2D eigenvalue weighted by Gasteiger charge is 2.50. The second-order valence-corrected chi connectivity index (χ2v) is 9.57. The number of ether oxygens (including phenoxy) is 2. The van der Waals surface area contributed by atoms with Crippen molar-refractivity contribution >= 4 is 10.9 Å². The van der Waals surface area contributed by atoms with Crippen LogP contribution in [0.25, 0.3) is 22.0 Å². The first-order valence-electron chi connectivity index (χ1n) is 12.5. The normalized spacial score (nSPS) is 14.1. The highest BCUT2D eigenvalue weighted by Crippen LogP contribution is 2.62. The van der Waals surface area contributed by atoms with Crippen LogP contribution >= 0.6 is 0 Å². The number of nitrogens with zero attached hydrogens (tertiary/aromatic N) is 1. The quantitative estimate of drug-likeness (QED) is 0.251. The van der Waals surface area contributed by atoms with Gasteiger partial charge in [-0.1, -0.05) is 84.9 Å². The minimum atomic E-state index is -0.560. The molecular weight excluding hydrogens is 454 g/mol. The van der Waals surface area contributed by atoms with Gasteiger partial charge >= 0.3 is 0 Å². The van der Waals surface area contributed by atoms with Crippen LogP contribution in [0.4, 0.5) is 0 Å². The van der Waals surface area contributed by atoms with E-state index in [1.807, 2.05) is 48.7 Å². The molecule has 174 valence electrons. The van der Waals surface area contributed by atoms with Gasteiger partial charge in [0.05, 0.1) is 16.5 Å². The summed E-state index contributed by atoms with van der Waals surface area (Å²) in [5, 5.41) is 1.14. The first-order chi connectivity index (χ1) is 18.3. The fourth-order valence-electron chi connectivity index (χ4n) is 6.03. The molecule has 0 radical (unpaired) electrons. The van der Waals surface area contributed by atoms with Gasteiger partial charge in [0.2, 0.25) is 0 Å². The van der Waals surface area contributed by atoms with Crippen LogP contribution < -0.4 is 9.47 Å². The summed E-state index contributed by atoms with van der Waals surface area (Å²) < 4.78 is 12.9. The van der Waals surface area contributed by atoms with Crippen molar-refractivity contribution < 1.29 is 9.47 Å². The van der Waals surface area contributed by atoms with E-state index in [0.29, 0.717) is 0 Å². The maximum absolute atomic E-state index is 6.43. The second kappa shape index (κ2) is 7.55. The molecule has 2 aliphatic rings. The molecule has 0 amide bonds. The molecule has 1 aromatic heterocycles. The molecular formula is C34H21NO2. The standard InChI is InChI=1S/C34H21NO2/c1-4-11-28-23(8-1)20-24(21-35-28)22-16-18-25(19-17-22)34-26-9-2-5-12-29(26)36-31-14-7-15-32(33(31)34)37-30-13-6-3-10-27(30)34/h1-21H. The Hall–Kier alpha value is -4.89. The minimum absolute atomic E-state index is 0.560. The van der Waals surface area contributed by atoms with Gasteiger partial charge in [-0.3, -0.25) is 4.98 Å². The number of pyridine rings is 1. The van der Waals surface area contributed by atoms with Gasteiger partial charge in [-0.15, -0.1) is 0 Å². The van der Waals surface area contributed by atoms with Crippen molar-refractivity contribution in [1.82, 2.24) is 4.98 Å². The van der Waals surface area contributed by atoms with Crippen LogP contribution in [0.3, 0.4) is 0 Å². The Morgan fingerprint density at radius 1 is 0.514 bits per heavy atom. The summed E-state index contributed by atoms with van der Waals surface area (Å²) >= 11 is 0. The Kier molecular flexibility index (Phi) is 4.15. The predicted molar refractivity (Wildman–Crippen MR) is 146 cm³/mol. The molecule has 0 saturated carbocycles. The van der Waals surface area contributed by atoms with E-state index < -0.39 is 5.41 Å². The van der Waals surface area contributed by atoms with Gasteiger partial charge in [-0.25, -0.2) is 0 Å². The average Bonchev–Trinajstić information content (AvgIpc) is 2.97. The van der Waals surface area contributed by atoms with E-state index in [2.05, 4.69) is 83.8 Å². The lowest BCUT2D eigenvalue weighted by Gasteiger charge is -2.45. The zero-order valence-corrected chi connectivity index (χ0v) is 19.9. The number of hydrogen-bond acceptors (Lipinski definition) is 3. The maximum Gasteiger partial charge on any atom is 0.135 e. The van der Waals surface area contributed by atoms with Crippen molar-refractivity contribution in [3.05, 3.63) is 150 Å². The lowest BCUT2D eigenvalue weighted by molar-refractivity contribution is 0.385. The van der Waals surface area contributed by atoms with Gasteiger partial charge in [-0.2, -0.15) is 0 Å². The van der Waals surface area contributed by atoms with Crippen molar-refractivity contribution in [1.29, 1.82) is 0 Å². The molecule has 0 saturated heterocycles. The number of benzene rings is 5. The van der Waals surface area contributed by atoms with Crippen LogP contribution in [-0.2, 0) is 5.41 Å². The third-order valence-electron chi connectivity index (χ3n) is 7.63. The molecule has 0 atom stereocenters. The van der Waals surface area contributed by atoms with Gasteiger partial charge in [0.25, 0.3) is 0 Å². The molecule has 3 heteroatoms. The lowest BCUT2D eigenvalue weighted by Crippen LogP contribution is -2.36. The second-order valence-electron chi connectivity index (χ2n) is 9.57. The first kappa shape index (κ1) is 20.3. The number of para-hydroxylation sites is 3. The highest BCUT2D eigenvalue weighted by molar-refractivity contribution is 5.84. The molecule has 6 aromatic rings. The summed E-state index contributed by atoms with van der Waals surface area (Å²) in [5.74, 6) is 3.39. The van der Waals surface area contributed by atoms with Crippen molar-refractivity contribution in [2.24, 2.45) is 0 Å². The molecule has 8 rings (SSSR count). The minimum Gasteiger partial charge on any atom is -0.457 e. The van der Waals surface area contributed by atoms with Crippen LogP contribution in [0, 0.1) is 0 Å². The Morgan fingerprint density at radius 3 is 1.81 bits per heavy atom. The smallest absolute Gasteiger partial charge is 0.135 e. The van der Waals surface area contributed by atoms with Gasteiger partial charge in [0, 0.05) is 28.3 Å². The summed E-state index contributed by atoms with van der Waals surface area (Å²) in [6, 6.07) is 42.1. The summed E-state index contributed by atoms with van der Waals surface area (Å²) in [4.78, 5) is 4.68. The molecule has 3 heterocycles. The molecule has 0 unspecified atom stereocenters. The topological polar surface area (TPSA) is 31.4 Å². The zero-order valence-electron chi connectivity index (χ0n) is 19.9. The van der Waals surface area contributed by atoms with E-state index in [9.17, 15) is 0 Å². The third kappa shape index (κ3) is 2.80. The summed E-state index contributed by atoms with van der Waals surface area (Å²) in [6.45, 7) is 0. The monoisotopic (exact) mass is 475 g/mol. The van der Waals surface area contributed by atoms with Gasteiger partial charge < -0.3 is 9.47 Å². The van der Waals surface area contributed by atoms with Gasteiger partial charge in [0.1, 0.15) is 23.0 Å². The van der Waals surface area contributed by atoms with Crippen LogP contribution in [0.2, 0.25) is 0 Å². The van der Waals surface area contributed by atoms with Crippen molar-refractivity contribution in [2.45, 2.75) is 5.41 Å². The van der Waals surface area contributed by atoms with E-state index in [4.69, 9.17) is 9.47 Å². The molecule has 0 bridgehead atoms. The van der Waals surface area contributed by atoms with E-state index in [0.717, 1.165) is 61.7 Å². The number of aromatic nitrogens is 1. The van der Waals surface area contributed by atoms with E-state index in [1.54, 1.807) is 0 Å². The van der Waals surface area contributed by atoms with E-state index in [-0.39, 0.29) is 0 Å². The fourth-order valence-corrected chi connectivity index (χ4v) is 6.03. The maximum atomic E-state index is 6.43. The van der Waals surface area contributed by atoms with Crippen LogP contribution in [0.15, 0.2) is 128 Å². The highest BCUT2D eigenvalue weighted by atomic mass is 16.5. The van der Waals surface area contributed by atoms with Crippen molar-refractivity contribution in [2.75, 3.05) is 0 Å². The van der Waals surface area contributed by atoms with Gasteiger partial charge in [0.15, 0.2) is 0 Å². The van der Waals surface area contributed by atoms with Crippen LogP contribution in [0.1, 0.15) is 22.3 Å². The summed E-state index contributed by atoms with van der Waals surface area (Å²) in [6.07, 6.45) is 1.95. The first-order valence-corrected chi connectivity index (χ1v) is 12.5. The summed E-state index contributed by atoms with van der Waals surface area (Å²) in [7, 11) is 0. The lowest BCUT2D eigenvalue weighted by atomic mass is 9.62. The molecule has 0 fully saturated rings. The van der Waals surface area contributed by atoms with Crippen LogP contribution in [-0.4, -0.2) is 4.98 Å². The Morgan fingerprint density at radius 2 is 1.11 bits per heavy atom. The predicted octanol–water partition coefficient (Wildman–Crippen LogP) is 8.50. The largest absolute Gasteiger partial charge is 0.457 e. The zero-order chi connectivity index (χ0) is 24.4. The fraction of sp³-hybridized carbons (Fsp3) is 0.0294. The van der Waals surface area contributed by atoms with E-state index in [1.165, 1.54) is 5.56 Å². The third-order valence-corrected chi connectivity index (χ3v) is 7.63. The molecule has 0 spiro atoms. The van der Waals surface area contributed by atoms with Gasteiger partial charge in [-0.05, 0) is 47.5 Å². The van der Waals surface area contributed by atoms with Crippen molar-refractivity contribution in [3.63, 3.8) is 0 Å². The molecule has 3 nitrogen and oxygen atoms in total. The van der Waals surface area contributed by atoms with E-state index >= 15 is 0 Å². The number of fused-ring (bicyclic) bond motifs is 5. The number of hydrogen-bond donors (Lipinski definition) is 0. The average molecular weight is 476 g/mol. The van der Waals surface area contributed by atoms with Crippen molar-refractivity contribution in [3.8, 4) is 34.1 Å². The Labute approximate surface area is 214 Å². The molecule has 0 N–H and O–H groups in total. The Balaban J connectivity index is 1.39. The summed E-state index contributed by atoms with van der Waals surface area (Å²) in [5.41, 5.74) is 7.13.